The topological polar surface area (TPSA) is 29.4 Å². The Morgan fingerprint density at radius 1 is 1.27 bits per heavy atom. The summed E-state index contributed by atoms with van der Waals surface area (Å²) in [6.45, 7) is 2.18. The molecule has 0 aliphatic carbocycles. The monoisotopic (exact) mass is 225 g/mol. The number of hydrogen-bond acceptors (Lipinski definition) is 2. The highest BCUT2D eigenvalue weighted by Crippen LogP contribution is 2.12. The van der Waals surface area contributed by atoms with Crippen LogP contribution in [0, 0.1) is 4.91 Å². The fourth-order valence-corrected chi connectivity index (χ4v) is 1.63. The van der Waals surface area contributed by atoms with Crippen LogP contribution in [-0.2, 0) is 12.8 Å². The summed E-state index contributed by atoms with van der Waals surface area (Å²) in [5, 5.41) is 2.77. The molecule has 0 aliphatic heterocycles. The molecule has 0 aromatic heterocycles. The minimum absolute atomic E-state index is 0.513. The number of benzene rings is 1. The predicted octanol–water partition coefficient (Wildman–Crippen LogP) is 3.90. The van der Waals surface area contributed by atoms with Gasteiger partial charge in [-0.05, 0) is 29.1 Å². The summed E-state index contributed by atoms with van der Waals surface area (Å²) in [6.07, 6.45) is 4.06. The van der Waals surface area contributed by atoms with Crippen LogP contribution in [0.25, 0.3) is 0 Å². The third-order valence-corrected chi connectivity index (χ3v) is 2.59. The minimum atomic E-state index is -0.647. The first-order valence-corrected chi connectivity index (χ1v) is 5.74. The molecule has 2 nitrogen and oxygen atoms in total. The lowest BCUT2D eigenvalue weighted by molar-refractivity contribution is 0.794. The van der Waals surface area contributed by atoms with Gasteiger partial charge in [0.2, 0.25) is 0 Å². The molecule has 0 aliphatic rings. The zero-order chi connectivity index (χ0) is 11.1. The molecule has 0 saturated heterocycles. The van der Waals surface area contributed by atoms with Crippen LogP contribution in [0.3, 0.4) is 0 Å². The van der Waals surface area contributed by atoms with Gasteiger partial charge in [0.25, 0.3) is 0 Å². The number of nitrogens with zero attached hydrogens (tertiary/aromatic N) is 1. The van der Waals surface area contributed by atoms with E-state index in [0.29, 0.717) is 6.42 Å². The van der Waals surface area contributed by atoms with Crippen molar-refractivity contribution < 1.29 is 0 Å². The number of aryl methyl sites for hydroxylation is 1. The van der Waals surface area contributed by atoms with Crippen molar-refractivity contribution >= 4 is 11.6 Å². The van der Waals surface area contributed by atoms with E-state index in [2.05, 4.69) is 24.2 Å². The summed E-state index contributed by atoms with van der Waals surface area (Å²) in [4.78, 5) is 10.1. The normalized spacial score (nSPS) is 12.4. The second-order valence-electron chi connectivity index (χ2n) is 3.66. The van der Waals surface area contributed by atoms with E-state index in [9.17, 15) is 4.91 Å². The first-order chi connectivity index (χ1) is 7.26. The van der Waals surface area contributed by atoms with Gasteiger partial charge < -0.3 is 0 Å². The van der Waals surface area contributed by atoms with Crippen LogP contribution in [0.5, 0.6) is 0 Å². The highest BCUT2D eigenvalue weighted by Gasteiger charge is 2.04. The molecule has 0 saturated carbocycles. The summed E-state index contributed by atoms with van der Waals surface area (Å²) < 4.78 is 0. The number of alkyl halides is 1. The summed E-state index contributed by atoms with van der Waals surface area (Å²) in [5.74, 6) is 0. The van der Waals surface area contributed by atoms with Crippen LogP contribution in [0.4, 0.5) is 0 Å². The number of unbranched alkanes of at least 4 members (excludes halogenated alkanes) is 1. The van der Waals surface area contributed by atoms with Gasteiger partial charge in [0.1, 0.15) is 0 Å². The molecule has 1 aromatic carbocycles. The Bertz CT molecular complexity index is 297. The van der Waals surface area contributed by atoms with E-state index in [1.807, 2.05) is 12.1 Å². The van der Waals surface area contributed by atoms with Crippen molar-refractivity contribution in [2.45, 2.75) is 38.1 Å². The van der Waals surface area contributed by atoms with E-state index in [4.69, 9.17) is 11.6 Å². The lowest BCUT2D eigenvalue weighted by atomic mass is 10.1. The van der Waals surface area contributed by atoms with Gasteiger partial charge in [0, 0.05) is 6.42 Å². The fraction of sp³-hybridized carbons (Fsp3) is 0.500. The maximum atomic E-state index is 10.1. The summed E-state index contributed by atoms with van der Waals surface area (Å²) in [6, 6.07) is 8.23. The zero-order valence-electron chi connectivity index (χ0n) is 8.95. The van der Waals surface area contributed by atoms with Gasteiger partial charge in [0.05, 0.1) is 0 Å². The molecule has 15 heavy (non-hydrogen) atoms. The Hall–Kier alpha value is -0.890. The first kappa shape index (κ1) is 12.2. The fourth-order valence-electron chi connectivity index (χ4n) is 1.45. The van der Waals surface area contributed by atoms with Crippen molar-refractivity contribution in [3.05, 3.63) is 40.3 Å². The van der Waals surface area contributed by atoms with Gasteiger partial charge in [-0.15, -0.1) is 4.91 Å². The average Bonchev–Trinajstić information content (AvgIpc) is 2.28. The molecule has 82 valence electrons. The van der Waals surface area contributed by atoms with E-state index < -0.39 is 5.50 Å². The Balaban J connectivity index is 2.52. The summed E-state index contributed by atoms with van der Waals surface area (Å²) in [5.41, 5.74) is 1.76. The molecule has 0 N–H and O–H groups in total. The highest BCUT2D eigenvalue weighted by atomic mass is 35.5. The van der Waals surface area contributed by atoms with Gasteiger partial charge >= 0.3 is 0 Å². The van der Waals surface area contributed by atoms with Crippen LogP contribution < -0.4 is 0 Å². The second kappa shape index (κ2) is 6.57. The van der Waals surface area contributed by atoms with Crippen molar-refractivity contribution in [1.82, 2.24) is 0 Å². The second-order valence-corrected chi connectivity index (χ2v) is 4.17. The van der Waals surface area contributed by atoms with E-state index in [0.717, 1.165) is 12.0 Å². The molecule has 0 heterocycles. The SMILES string of the molecule is CCCCc1ccc(CC(Cl)N=O)cc1. The summed E-state index contributed by atoms with van der Waals surface area (Å²) >= 11 is 5.64. The van der Waals surface area contributed by atoms with Crippen LogP contribution in [0.1, 0.15) is 30.9 Å². The molecule has 1 unspecified atom stereocenters. The number of nitroso groups, excluding NO2 is 1. The van der Waals surface area contributed by atoms with Crippen LogP contribution >= 0.6 is 11.6 Å². The van der Waals surface area contributed by atoms with E-state index in [-0.39, 0.29) is 0 Å². The Morgan fingerprint density at radius 3 is 2.40 bits per heavy atom. The van der Waals surface area contributed by atoms with E-state index in [1.54, 1.807) is 0 Å². The van der Waals surface area contributed by atoms with E-state index >= 15 is 0 Å². The molecule has 0 fully saturated rings. The number of hydrogen-bond donors (Lipinski definition) is 0. The van der Waals surface area contributed by atoms with Crippen molar-refractivity contribution in [2.75, 3.05) is 0 Å². The van der Waals surface area contributed by atoms with Gasteiger partial charge in [0.15, 0.2) is 5.50 Å². The largest absolute Gasteiger partial charge is 0.169 e. The zero-order valence-corrected chi connectivity index (χ0v) is 9.70. The van der Waals surface area contributed by atoms with Crippen molar-refractivity contribution in [1.29, 1.82) is 0 Å². The Kier molecular flexibility index (Phi) is 5.33. The van der Waals surface area contributed by atoms with Crippen molar-refractivity contribution in [2.24, 2.45) is 5.18 Å². The van der Waals surface area contributed by atoms with Gasteiger partial charge in [-0.2, -0.15) is 0 Å². The Labute approximate surface area is 95.6 Å². The molecule has 3 heteroatoms. The first-order valence-electron chi connectivity index (χ1n) is 5.30. The number of rotatable bonds is 6. The lowest BCUT2D eigenvalue weighted by Gasteiger charge is -2.03. The maximum absolute atomic E-state index is 10.1. The third-order valence-electron chi connectivity index (χ3n) is 2.36. The molecule has 1 rings (SSSR count). The van der Waals surface area contributed by atoms with Crippen LogP contribution in [0.15, 0.2) is 29.4 Å². The van der Waals surface area contributed by atoms with Gasteiger partial charge in [-0.1, -0.05) is 49.2 Å². The van der Waals surface area contributed by atoms with Crippen LogP contribution in [-0.4, -0.2) is 5.50 Å². The lowest BCUT2D eigenvalue weighted by Crippen LogP contribution is -1.98. The average molecular weight is 226 g/mol. The quantitative estimate of drug-likeness (QED) is 0.410. The van der Waals surface area contributed by atoms with Crippen molar-refractivity contribution in [3.8, 4) is 0 Å². The third kappa shape index (κ3) is 4.43. The van der Waals surface area contributed by atoms with Gasteiger partial charge in [-0.25, -0.2) is 0 Å². The maximum Gasteiger partial charge on any atom is 0.169 e. The van der Waals surface area contributed by atoms with Gasteiger partial charge in [-0.3, -0.25) is 0 Å². The predicted molar refractivity (Wildman–Crippen MR) is 64.2 cm³/mol. The molecule has 0 amide bonds. The molecular formula is C12H16ClNO. The van der Waals surface area contributed by atoms with E-state index in [1.165, 1.54) is 18.4 Å². The molecule has 0 bridgehead atoms. The van der Waals surface area contributed by atoms with Crippen LogP contribution in [0.2, 0.25) is 0 Å². The Morgan fingerprint density at radius 2 is 1.87 bits per heavy atom. The standard InChI is InChI=1S/C12H16ClNO/c1-2-3-4-10-5-7-11(8-6-10)9-12(13)14-15/h5-8,12H,2-4,9H2,1H3. The molecule has 1 atom stereocenters. The molecular weight excluding hydrogens is 210 g/mol. The molecule has 0 spiro atoms. The minimum Gasteiger partial charge on any atom is -0.149 e. The smallest absolute Gasteiger partial charge is 0.149 e. The molecule has 1 aromatic rings. The number of halogens is 1. The van der Waals surface area contributed by atoms with Crippen molar-refractivity contribution in [3.63, 3.8) is 0 Å². The highest BCUT2D eigenvalue weighted by molar-refractivity contribution is 6.20. The molecule has 0 radical (unpaired) electrons. The summed E-state index contributed by atoms with van der Waals surface area (Å²) in [7, 11) is 0.